The summed E-state index contributed by atoms with van der Waals surface area (Å²) >= 11 is 0. The molecule has 2 saturated heterocycles. The number of hydrogen-bond donors (Lipinski definition) is 0. The third-order valence-corrected chi connectivity index (χ3v) is 8.83. The molecular weight excluding hydrogens is 478 g/mol. The Morgan fingerprint density at radius 2 is 1.87 bits per heavy atom. The molecule has 1 atom stereocenters. The van der Waals surface area contributed by atoms with Crippen LogP contribution in [0.1, 0.15) is 49.4 Å². The van der Waals surface area contributed by atoms with Gasteiger partial charge in [-0.15, -0.1) is 0 Å². The minimum atomic E-state index is -0.287. The number of hydrogen-bond acceptors (Lipinski definition) is 5. The number of benzene rings is 2. The Hall–Kier alpha value is -3.52. The largest absolute Gasteiger partial charge is 0.497 e. The maximum absolute atomic E-state index is 13.9. The first-order chi connectivity index (χ1) is 18.4. The summed E-state index contributed by atoms with van der Waals surface area (Å²) in [6, 6.07) is 12.5. The molecule has 3 aromatic rings. The number of piperidine rings is 1. The predicted octanol–water partition coefficient (Wildman–Crippen LogP) is 4.88. The lowest BCUT2D eigenvalue weighted by Crippen LogP contribution is -2.53. The van der Waals surface area contributed by atoms with Gasteiger partial charge in [0.05, 0.1) is 37.5 Å². The number of rotatable bonds is 5. The molecule has 8 nitrogen and oxygen atoms in total. The molecule has 2 aromatic carbocycles. The Bertz CT molecular complexity index is 1420. The Kier molecular flexibility index (Phi) is 6.10. The smallest absolute Gasteiger partial charge is 0.325 e. The molecule has 4 heterocycles. The van der Waals surface area contributed by atoms with Gasteiger partial charge in [-0.3, -0.25) is 14.5 Å². The second kappa shape index (κ2) is 9.34. The standard InChI is InChI=1S/C30H37N5O3/c1-6-35-29(36)34-18-21-16-22(37-4)17-26(38-5)28(21)20(2)15-27(34)30(35)11-13-33(14-12-30)19-25-23-9-7-8-10-24(23)31-32(25)3/h7-10,15-17,20H,6,11-14,18-19H2,1-5H3/t20-/m0/s1. The number of likely N-dealkylation sites (N-methyl/N-ethyl adjacent to an activating group) is 1. The summed E-state index contributed by atoms with van der Waals surface area (Å²) in [6.07, 6.45) is 4.14. The van der Waals surface area contributed by atoms with Crippen molar-refractivity contribution in [2.45, 2.75) is 51.2 Å². The van der Waals surface area contributed by atoms with Crippen molar-refractivity contribution in [1.82, 2.24) is 24.5 Å². The number of nitrogens with zero attached hydrogens (tertiary/aromatic N) is 5. The number of methoxy groups -OCH3 is 2. The first kappa shape index (κ1) is 24.8. The van der Waals surface area contributed by atoms with Crippen LogP contribution in [0.3, 0.4) is 0 Å². The third-order valence-electron chi connectivity index (χ3n) is 8.83. The van der Waals surface area contributed by atoms with Gasteiger partial charge in [0.15, 0.2) is 0 Å². The molecule has 6 rings (SSSR count). The lowest BCUT2D eigenvalue weighted by atomic mass is 9.82. The van der Waals surface area contributed by atoms with Crippen molar-refractivity contribution >= 4 is 16.9 Å². The fourth-order valence-electron chi connectivity index (χ4n) is 6.95. The Balaban J connectivity index is 1.31. The van der Waals surface area contributed by atoms with Crippen LogP contribution in [0.2, 0.25) is 0 Å². The number of ether oxygens (including phenoxy) is 2. The Labute approximate surface area is 224 Å². The molecular formula is C30H37N5O3. The SMILES string of the molecule is CCN1C(=O)N2Cc3cc(OC)cc(OC)c3[C@@H](C)C=C2C12CCN(Cc1c3ccccc3nn1C)CC2. The lowest BCUT2D eigenvalue weighted by Gasteiger charge is -2.44. The number of urea groups is 1. The Morgan fingerprint density at radius 1 is 1.11 bits per heavy atom. The summed E-state index contributed by atoms with van der Waals surface area (Å²) in [4.78, 5) is 20.5. The van der Waals surface area contributed by atoms with E-state index in [1.54, 1.807) is 14.2 Å². The first-order valence-electron chi connectivity index (χ1n) is 13.6. The molecule has 0 N–H and O–H groups in total. The van der Waals surface area contributed by atoms with Crippen LogP contribution >= 0.6 is 0 Å². The van der Waals surface area contributed by atoms with E-state index in [9.17, 15) is 4.79 Å². The number of carbonyl (C=O) groups excluding carboxylic acids is 1. The van der Waals surface area contributed by atoms with Crippen LogP contribution in [-0.2, 0) is 20.1 Å². The maximum Gasteiger partial charge on any atom is 0.325 e. The highest BCUT2D eigenvalue weighted by Gasteiger charge is 2.54. The van der Waals surface area contributed by atoms with Crippen molar-refractivity contribution in [1.29, 1.82) is 0 Å². The van der Waals surface area contributed by atoms with Gasteiger partial charge in [-0.2, -0.15) is 5.10 Å². The van der Waals surface area contributed by atoms with Crippen LogP contribution < -0.4 is 9.47 Å². The number of allylic oxidation sites excluding steroid dienone is 1. The van der Waals surface area contributed by atoms with Crippen molar-refractivity contribution < 1.29 is 14.3 Å². The van der Waals surface area contributed by atoms with E-state index in [2.05, 4.69) is 54.0 Å². The summed E-state index contributed by atoms with van der Waals surface area (Å²) < 4.78 is 13.3. The molecule has 38 heavy (non-hydrogen) atoms. The van der Waals surface area contributed by atoms with E-state index in [1.165, 1.54) is 11.1 Å². The highest BCUT2D eigenvalue weighted by Crippen LogP contribution is 2.49. The van der Waals surface area contributed by atoms with E-state index in [0.717, 1.165) is 66.3 Å². The van der Waals surface area contributed by atoms with Gasteiger partial charge in [-0.1, -0.05) is 31.2 Å². The number of aromatic nitrogens is 2. The molecule has 3 aliphatic heterocycles. The molecule has 8 heteroatoms. The number of fused-ring (bicyclic) bond motifs is 4. The second-order valence-electron chi connectivity index (χ2n) is 10.8. The number of carbonyl (C=O) groups is 1. The predicted molar refractivity (Wildman–Crippen MR) is 147 cm³/mol. The van der Waals surface area contributed by atoms with Crippen molar-refractivity contribution in [3.05, 3.63) is 65.0 Å². The third kappa shape index (κ3) is 3.68. The molecule has 0 saturated carbocycles. The molecule has 0 bridgehead atoms. The maximum atomic E-state index is 13.9. The average Bonchev–Trinajstić information content (AvgIpc) is 3.27. The van der Waals surface area contributed by atoms with Crippen LogP contribution in [0.15, 0.2) is 48.2 Å². The van der Waals surface area contributed by atoms with Crippen LogP contribution in [-0.4, -0.2) is 69.9 Å². The van der Waals surface area contributed by atoms with Crippen molar-refractivity contribution in [3.63, 3.8) is 0 Å². The van der Waals surface area contributed by atoms with Crippen LogP contribution in [0.25, 0.3) is 10.9 Å². The van der Waals surface area contributed by atoms with Crippen LogP contribution in [0, 0.1) is 0 Å². The number of likely N-dealkylation sites (tertiary alicyclic amines) is 1. The molecule has 200 valence electrons. The van der Waals surface area contributed by atoms with E-state index in [4.69, 9.17) is 14.6 Å². The van der Waals surface area contributed by atoms with Gasteiger partial charge < -0.3 is 14.4 Å². The number of amides is 2. The van der Waals surface area contributed by atoms with Gasteiger partial charge in [0.1, 0.15) is 11.5 Å². The molecule has 0 radical (unpaired) electrons. The van der Waals surface area contributed by atoms with Crippen molar-refractivity contribution in [3.8, 4) is 11.5 Å². The van der Waals surface area contributed by atoms with Gasteiger partial charge >= 0.3 is 6.03 Å². The van der Waals surface area contributed by atoms with Gasteiger partial charge in [-0.05, 0) is 37.5 Å². The van der Waals surface area contributed by atoms with Gasteiger partial charge in [0.25, 0.3) is 0 Å². The molecule has 3 aliphatic rings. The summed E-state index contributed by atoms with van der Waals surface area (Å²) in [5.74, 6) is 1.68. The zero-order valence-electron chi connectivity index (χ0n) is 23.0. The zero-order chi connectivity index (χ0) is 26.6. The normalized spacial score (nSPS) is 20.9. The highest BCUT2D eigenvalue weighted by molar-refractivity contribution is 5.83. The Morgan fingerprint density at radius 3 is 2.58 bits per heavy atom. The van der Waals surface area contributed by atoms with E-state index in [1.807, 2.05) is 28.8 Å². The molecule has 2 fully saturated rings. The van der Waals surface area contributed by atoms with E-state index in [0.29, 0.717) is 13.1 Å². The summed E-state index contributed by atoms with van der Waals surface area (Å²) in [5.41, 5.74) is 5.37. The van der Waals surface area contributed by atoms with E-state index < -0.39 is 0 Å². The second-order valence-corrected chi connectivity index (χ2v) is 10.8. The minimum absolute atomic E-state index is 0.103. The summed E-state index contributed by atoms with van der Waals surface area (Å²) in [5, 5.41) is 5.92. The number of aryl methyl sites for hydroxylation is 1. The van der Waals surface area contributed by atoms with Crippen molar-refractivity contribution in [2.24, 2.45) is 7.05 Å². The first-order valence-corrected chi connectivity index (χ1v) is 13.6. The van der Waals surface area contributed by atoms with E-state index >= 15 is 0 Å². The molecule has 1 spiro atoms. The zero-order valence-corrected chi connectivity index (χ0v) is 23.0. The molecule has 1 aromatic heterocycles. The van der Waals surface area contributed by atoms with Crippen LogP contribution in [0.4, 0.5) is 4.79 Å². The molecule has 0 unspecified atom stereocenters. The summed E-state index contributed by atoms with van der Waals surface area (Å²) in [6.45, 7) is 8.24. The minimum Gasteiger partial charge on any atom is -0.497 e. The van der Waals surface area contributed by atoms with Gasteiger partial charge in [-0.25, -0.2) is 4.79 Å². The topological polar surface area (TPSA) is 63.1 Å². The van der Waals surface area contributed by atoms with E-state index in [-0.39, 0.29) is 17.5 Å². The lowest BCUT2D eigenvalue weighted by molar-refractivity contribution is 0.0878. The highest BCUT2D eigenvalue weighted by atomic mass is 16.5. The molecule has 0 aliphatic carbocycles. The quantitative estimate of drug-likeness (QED) is 0.485. The fourth-order valence-corrected chi connectivity index (χ4v) is 6.95. The monoisotopic (exact) mass is 515 g/mol. The summed E-state index contributed by atoms with van der Waals surface area (Å²) in [7, 11) is 5.40. The van der Waals surface area contributed by atoms with Gasteiger partial charge in [0, 0.05) is 61.9 Å². The van der Waals surface area contributed by atoms with Gasteiger partial charge in [0.2, 0.25) is 0 Å². The van der Waals surface area contributed by atoms with Crippen LogP contribution in [0.5, 0.6) is 11.5 Å². The van der Waals surface area contributed by atoms with Crippen molar-refractivity contribution in [2.75, 3.05) is 33.9 Å². The average molecular weight is 516 g/mol. The molecule has 2 amide bonds. The fraction of sp³-hybridized carbons (Fsp3) is 0.467.